The van der Waals surface area contributed by atoms with E-state index in [1.807, 2.05) is 11.0 Å². The fourth-order valence-corrected chi connectivity index (χ4v) is 3.28. The van der Waals surface area contributed by atoms with Crippen molar-refractivity contribution in [1.29, 1.82) is 0 Å². The summed E-state index contributed by atoms with van der Waals surface area (Å²) in [5.74, 6) is 0.486. The first-order chi connectivity index (χ1) is 9.97. The Labute approximate surface area is 140 Å². The third-order valence-electron chi connectivity index (χ3n) is 3.63. The van der Waals surface area contributed by atoms with Crippen LogP contribution in [0.1, 0.15) is 37.0 Å². The number of nitrogens with zero attached hydrogens (tertiary/aromatic N) is 1. The van der Waals surface area contributed by atoms with Gasteiger partial charge in [0.05, 0.1) is 5.56 Å². The summed E-state index contributed by atoms with van der Waals surface area (Å²) in [5, 5.41) is 4.05. The van der Waals surface area contributed by atoms with Gasteiger partial charge >= 0.3 is 0 Å². The summed E-state index contributed by atoms with van der Waals surface area (Å²) in [4.78, 5) is 14.8. The van der Waals surface area contributed by atoms with Crippen LogP contribution in [0.25, 0.3) is 0 Å². The SMILES string of the molecule is CC(C)CN(CC1CCCN1)C(=O)c1cc(Cl)ccc1Br. The normalized spacial score (nSPS) is 18.2. The predicted molar refractivity (Wildman–Crippen MR) is 90.9 cm³/mol. The van der Waals surface area contributed by atoms with Crippen LogP contribution in [0.4, 0.5) is 0 Å². The van der Waals surface area contributed by atoms with Crippen molar-refractivity contribution in [2.45, 2.75) is 32.7 Å². The van der Waals surface area contributed by atoms with E-state index >= 15 is 0 Å². The molecule has 1 aromatic carbocycles. The summed E-state index contributed by atoms with van der Waals surface area (Å²) in [5.41, 5.74) is 0.640. The monoisotopic (exact) mass is 372 g/mol. The average molecular weight is 374 g/mol. The molecule has 2 rings (SSSR count). The van der Waals surface area contributed by atoms with Crippen LogP contribution in [0, 0.1) is 5.92 Å². The molecule has 1 unspecified atom stereocenters. The van der Waals surface area contributed by atoms with Crippen LogP contribution in [-0.4, -0.2) is 36.5 Å². The smallest absolute Gasteiger partial charge is 0.255 e. The zero-order chi connectivity index (χ0) is 15.4. The van der Waals surface area contributed by atoms with Gasteiger partial charge < -0.3 is 10.2 Å². The standard InChI is InChI=1S/C16H22BrClN2O/c1-11(2)9-20(10-13-4-3-7-19-13)16(21)14-8-12(18)5-6-15(14)17/h5-6,8,11,13,19H,3-4,7,9-10H2,1-2H3. The molecule has 1 N–H and O–H groups in total. The molecule has 0 radical (unpaired) electrons. The third kappa shape index (κ3) is 4.70. The Balaban J connectivity index is 2.17. The minimum Gasteiger partial charge on any atom is -0.337 e. The van der Waals surface area contributed by atoms with Gasteiger partial charge in [-0.15, -0.1) is 0 Å². The van der Waals surface area contributed by atoms with Crippen molar-refractivity contribution in [3.05, 3.63) is 33.3 Å². The predicted octanol–water partition coefficient (Wildman–Crippen LogP) is 3.95. The molecule has 1 amide bonds. The number of carbonyl (C=O) groups excluding carboxylic acids is 1. The van der Waals surface area contributed by atoms with Crippen LogP contribution < -0.4 is 5.32 Å². The lowest BCUT2D eigenvalue weighted by Crippen LogP contribution is -2.43. The number of amides is 1. The van der Waals surface area contributed by atoms with Crippen LogP contribution in [0.5, 0.6) is 0 Å². The van der Waals surface area contributed by atoms with Crippen molar-refractivity contribution in [3.8, 4) is 0 Å². The van der Waals surface area contributed by atoms with Gasteiger partial charge in [-0.3, -0.25) is 4.79 Å². The highest BCUT2D eigenvalue weighted by Crippen LogP contribution is 2.23. The van der Waals surface area contributed by atoms with Gasteiger partial charge in [0.2, 0.25) is 0 Å². The first-order valence-electron chi connectivity index (χ1n) is 7.45. The average Bonchev–Trinajstić information content (AvgIpc) is 2.92. The second-order valence-electron chi connectivity index (χ2n) is 6.02. The van der Waals surface area contributed by atoms with Gasteiger partial charge in [0.25, 0.3) is 5.91 Å². The second-order valence-corrected chi connectivity index (χ2v) is 7.31. The zero-order valence-corrected chi connectivity index (χ0v) is 14.9. The lowest BCUT2D eigenvalue weighted by molar-refractivity contribution is 0.0720. The van der Waals surface area contributed by atoms with Crippen LogP contribution in [0.3, 0.4) is 0 Å². The van der Waals surface area contributed by atoms with E-state index < -0.39 is 0 Å². The molecule has 0 aliphatic carbocycles. The molecule has 0 bridgehead atoms. The molecule has 1 aromatic rings. The van der Waals surface area contributed by atoms with Gasteiger partial charge in [-0.05, 0) is 59.4 Å². The maximum Gasteiger partial charge on any atom is 0.255 e. The molecule has 1 heterocycles. The highest BCUT2D eigenvalue weighted by Gasteiger charge is 2.24. The maximum atomic E-state index is 12.9. The molecule has 21 heavy (non-hydrogen) atoms. The number of carbonyl (C=O) groups is 1. The van der Waals surface area contributed by atoms with Gasteiger partial charge in [-0.2, -0.15) is 0 Å². The fourth-order valence-electron chi connectivity index (χ4n) is 2.69. The number of hydrogen-bond acceptors (Lipinski definition) is 2. The van der Waals surface area contributed by atoms with Crippen LogP contribution >= 0.6 is 27.5 Å². The Hall–Kier alpha value is -0.580. The molecular formula is C16H22BrClN2O. The molecule has 1 saturated heterocycles. The molecule has 1 aliphatic heterocycles. The van der Waals surface area contributed by atoms with Crippen LogP contribution in [-0.2, 0) is 0 Å². The number of nitrogens with one attached hydrogen (secondary N) is 1. The van der Waals surface area contributed by atoms with Gasteiger partial charge in [0.15, 0.2) is 0 Å². The fraction of sp³-hybridized carbons (Fsp3) is 0.562. The summed E-state index contributed by atoms with van der Waals surface area (Å²) in [6.45, 7) is 6.84. The van der Waals surface area contributed by atoms with Crippen molar-refractivity contribution >= 4 is 33.4 Å². The largest absolute Gasteiger partial charge is 0.337 e. The number of halogens is 2. The molecule has 3 nitrogen and oxygen atoms in total. The van der Waals surface area contributed by atoms with Crippen molar-refractivity contribution in [2.75, 3.05) is 19.6 Å². The topological polar surface area (TPSA) is 32.3 Å². The Morgan fingerprint density at radius 3 is 2.90 bits per heavy atom. The maximum absolute atomic E-state index is 12.9. The first-order valence-corrected chi connectivity index (χ1v) is 8.62. The molecule has 1 aliphatic rings. The van der Waals surface area contributed by atoms with Crippen molar-refractivity contribution in [1.82, 2.24) is 10.2 Å². The third-order valence-corrected chi connectivity index (χ3v) is 4.56. The minimum absolute atomic E-state index is 0.0479. The summed E-state index contributed by atoms with van der Waals surface area (Å²) in [7, 11) is 0. The quantitative estimate of drug-likeness (QED) is 0.847. The highest BCUT2D eigenvalue weighted by molar-refractivity contribution is 9.10. The van der Waals surface area contributed by atoms with Crippen molar-refractivity contribution < 1.29 is 4.79 Å². The van der Waals surface area contributed by atoms with Gasteiger partial charge in [0.1, 0.15) is 0 Å². The molecule has 0 saturated carbocycles. The second kappa shape index (κ2) is 7.61. The highest BCUT2D eigenvalue weighted by atomic mass is 79.9. The molecule has 0 aromatic heterocycles. The lowest BCUT2D eigenvalue weighted by atomic mass is 10.1. The Morgan fingerprint density at radius 1 is 1.52 bits per heavy atom. The number of hydrogen-bond donors (Lipinski definition) is 1. The van der Waals surface area contributed by atoms with Gasteiger partial charge in [-0.1, -0.05) is 25.4 Å². The van der Waals surface area contributed by atoms with E-state index in [1.54, 1.807) is 12.1 Å². The molecule has 1 atom stereocenters. The lowest BCUT2D eigenvalue weighted by Gasteiger charge is -2.28. The minimum atomic E-state index is 0.0479. The first kappa shape index (κ1) is 16.8. The van der Waals surface area contributed by atoms with E-state index in [1.165, 1.54) is 6.42 Å². The number of rotatable bonds is 5. The van der Waals surface area contributed by atoms with E-state index in [4.69, 9.17) is 11.6 Å². The van der Waals surface area contributed by atoms with E-state index in [0.717, 1.165) is 30.5 Å². The summed E-state index contributed by atoms with van der Waals surface area (Å²) < 4.78 is 0.796. The molecule has 5 heteroatoms. The summed E-state index contributed by atoms with van der Waals surface area (Å²) in [6, 6.07) is 5.76. The Kier molecular flexibility index (Phi) is 6.08. The molecular weight excluding hydrogens is 352 g/mol. The summed E-state index contributed by atoms with van der Waals surface area (Å²) >= 11 is 9.49. The Bertz CT molecular complexity index is 501. The number of benzene rings is 1. The van der Waals surface area contributed by atoms with Gasteiger partial charge in [0, 0.05) is 28.6 Å². The van der Waals surface area contributed by atoms with E-state index in [-0.39, 0.29) is 5.91 Å². The molecule has 116 valence electrons. The van der Waals surface area contributed by atoms with E-state index in [2.05, 4.69) is 35.1 Å². The van der Waals surface area contributed by atoms with Crippen molar-refractivity contribution in [3.63, 3.8) is 0 Å². The Morgan fingerprint density at radius 2 is 2.29 bits per heavy atom. The zero-order valence-electron chi connectivity index (χ0n) is 12.5. The summed E-state index contributed by atoms with van der Waals surface area (Å²) in [6.07, 6.45) is 2.33. The van der Waals surface area contributed by atoms with Crippen LogP contribution in [0.15, 0.2) is 22.7 Å². The van der Waals surface area contributed by atoms with Crippen LogP contribution in [0.2, 0.25) is 5.02 Å². The van der Waals surface area contributed by atoms with Crippen molar-refractivity contribution in [2.24, 2.45) is 5.92 Å². The molecule has 0 spiro atoms. The molecule has 1 fully saturated rings. The van der Waals surface area contributed by atoms with E-state index in [9.17, 15) is 4.79 Å². The van der Waals surface area contributed by atoms with Gasteiger partial charge in [-0.25, -0.2) is 0 Å². The van der Waals surface area contributed by atoms with E-state index in [0.29, 0.717) is 22.5 Å².